The largest absolute Gasteiger partial charge is 0.373 e. The Morgan fingerprint density at radius 2 is 2.20 bits per heavy atom. The topological polar surface area (TPSA) is 83.1 Å². The van der Waals surface area contributed by atoms with Crippen molar-refractivity contribution in [2.24, 2.45) is 0 Å². The fraction of sp³-hybridized carbons (Fsp3) is 0.500. The van der Waals surface area contributed by atoms with Gasteiger partial charge in [-0.2, -0.15) is 5.10 Å². The summed E-state index contributed by atoms with van der Waals surface area (Å²) in [6.45, 7) is 7.76. The highest BCUT2D eigenvalue weighted by molar-refractivity contribution is 5.92. The monoisotopic (exact) mass is 343 g/mol. The number of anilines is 1. The van der Waals surface area contributed by atoms with Crippen molar-refractivity contribution in [3.8, 4) is 0 Å². The van der Waals surface area contributed by atoms with Crippen molar-refractivity contribution in [3.05, 3.63) is 41.3 Å². The number of hydrogen-bond acceptors (Lipinski definition) is 5. The Morgan fingerprint density at radius 3 is 2.88 bits per heavy atom. The lowest BCUT2D eigenvalue weighted by Gasteiger charge is -2.32. The molecule has 0 saturated carbocycles. The van der Waals surface area contributed by atoms with Gasteiger partial charge >= 0.3 is 0 Å². The van der Waals surface area contributed by atoms with Crippen molar-refractivity contribution in [3.63, 3.8) is 0 Å². The average molecular weight is 343 g/mol. The number of hydrogen-bond donors (Lipinski definition) is 2. The van der Waals surface area contributed by atoms with Gasteiger partial charge in [0.2, 0.25) is 0 Å². The second-order valence-electron chi connectivity index (χ2n) is 7.23. The molecule has 0 unspecified atom stereocenters. The molecule has 1 aliphatic rings. The molecule has 25 heavy (non-hydrogen) atoms. The highest BCUT2D eigenvalue weighted by Crippen LogP contribution is 2.24. The predicted molar refractivity (Wildman–Crippen MR) is 95.7 cm³/mol. The Morgan fingerprint density at radius 1 is 1.40 bits per heavy atom. The lowest BCUT2D eigenvalue weighted by molar-refractivity contribution is -0.0248. The summed E-state index contributed by atoms with van der Waals surface area (Å²) >= 11 is 0. The Labute approximate surface area is 147 Å². The van der Waals surface area contributed by atoms with E-state index in [0.717, 1.165) is 17.2 Å². The first-order chi connectivity index (χ1) is 11.9. The maximum absolute atomic E-state index is 12.8. The third-order valence-corrected chi connectivity index (χ3v) is 4.32. The third-order valence-electron chi connectivity index (χ3n) is 4.32. The molecule has 0 aliphatic carbocycles. The van der Waals surface area contributed by atoms with Gasteiger partial charge in [0.05, 0.1) is 18.8 Å². The first-order valence-corrected chi connectivity index (χ1v) is 8.50. The van der Waals surface area contributed by atoms with Crippen LogP contribution in [0.1, 0.15) is 48.8 Å². The number of aromatic amines is 1. The van der Waals surface area contributed by atoms with Gasteiger partial charge in [0, 0.05) is 24.7 Å². The molecular weight excluding hydrogens is 318 g/mol. The van der Waals surface area contributed by atoms with E-state index in [1.807, 2.05) is 31.3 Å². The molecule has 2 N–H and O–H groups in total. The number of rotatable bonds is 3. The number of carbonyl (C=O) groups excluding carboxylic acids is 1. The quantitative estimate of drug-likeness (QED) is 0.894. The van der Waals surface area contributed by atoms with Crippen LogP contribution in [0.3, 0.4) is 0 Å². The highest BCUT2D eigenvalue weighted by atomic mass is 16.5. The number of amides is 1. The number of carbonyl (C=O) groups is 1. The fourth-order valence-corrected chi connectivity index (χ4v) is 2.76. The van der Waals surface area contributed by atoms with Crippen molar-refractivity contribution in [1.82, 2.24) is 20.1 Å². The number of H-pyrrole nitrogens is 1. The molecular formula is C18H25N5O2. The maximum atomic E-state index is 12.8. The maximum Gasteiger partial charge on any atom is 0.274 e. The molecule has 0 spiro atoms. The molecule has 3 heterocycles. The Kier molecular flexibility index (Phi) is 4.76. The van der Waals surface area contributed by atoms with Crippen LogP contribution in [0.4, 0.5) is 5.82 Å². The molecule has 1 amide bonds. The molecule has 0 bridgehead atoms. The zero-order chi connectivity index (χ0) is 18.0. The number of nitrogens with zero attached hydrogens (tertiary/aromatic N) is 3. The molecule has 134 valence electrons. The van der Waals surface area contributed by atoms with E-state index >= 15 is 0 Å². The van der Waals surface area contributed by atoms with Crippen molar-refractivity contribution in [2.75, 3.05) is 32.1 Å². The van der Waals surface area contributed by atoms with Crippen LogP contribution in [0.5, 0.6) is 0 Å². The van der Waals surface area contributed by atoms with E-state index in [2.05, 4.69) is 41.3 Å². The van der Waals surface area contributed by atoms with E-state index in [1.54, 1.807) is 4.90 Å². The van der Waals surface area contributed by atoms with Gasteiger partial charge in [0.15, 0.2) is 0 Å². The van der Waals surface area contributed by atoms with Crippen LogP contribution in [0, 0.1) is 0 Å². The molecule has 1 aliphatic heterocycles. The van der Waals surface area contributed by atoms with Gasteiger partial charge < -0.3 is 15.0 Å². The van der Waals surface area contributed by atoms with E-state index in [9.17, 15) is 4.79 Å². The van der Waals surface area contributed by atoms with Crippen molar-refractivity contribution in [1.29, 1.82) is 0 Å². The van der Waals surface area contributed by atoms with Crippen molar-refractivity contribution in [2.45, 2.75) is 32.3 Å². The van der Waals surface area contributed by atoms with Gasteiger partial charge in [0.25, 0.3) is 5.91 Å². The number of ether oxygens (including phenoxy) is 1. The summed E-state index contributed by atoms with van der Waals surface area (Å²) in [7, 11) is 1.83. The lowest BCUT2D eigenvalue weighted by atomic mass is 9.92. The van der Waals surface area contributed by atoms with Crippen LogP contribution in [-0.2, 0) is 10.2 Å². The molecule has 0 aromatic carbocycles. The predicted octanol–water partition coefficient (Wildman–Crippen LogP) is 2.36. The standard InChI is InChI=1S/C18H25N5O2/c1-18(2,3)15-10-13(21-22-15)17(24)23-8-9-25-14(11-23)12-6-5-7-16(19-4)20-12/h5-7,10,14H,8-9,11H2,1-4H3,(H,19,20)(H,21,22)/t14-/m1/s1. The molecule has 7 heteroatoms. The second kappa shape index (κ2) is 6.84. The molecule has 1 fully saturated rings. The van der Waals surface area contributed by atoms with Crippen LogP contribution in [0.2, 0.25) is 0 Å². The van der Waals surface area contributed by atoms with Crippen LogP contribution in [0.25, 0.3) is 0 Å². The lowest BCUT2D eigenvalue weighted by Crippen LogP contribution is -2.42. The van der Waals surface area contributed by atoms with Crippen LogP contribution in [0.15, 0.2) is 24.3 Å². The molecule has 1 atom stereocenters. The van der Waals surface area contributed by atoms with E-state index in [-0.39, 0.29) is 17.4 Å². The zero-order valence-corrected chi connectivity index (χ0v) is 15.2. The number of aromatic nitrogens is 3. The Balaban J connectivity index is 1.74. The summed E-state index contributed by atoms with van der Waals surface area (Å²) in [6, 6.07) is 7.59. The molecule has 2 aromatic heterocycles. The average Bonchev–Trinajstić information content (AvgIpc) is 3.12. The SMILES string of the molecule is CNc1cccc([C@H]2CN(C(=O)c3cc(C(C)(C)C)[nH]n3)CCO2)n1. The van der Waals surface area contributed by atoms with Gasteiger partial charge in [-0.1, -0.05) is 26.8 Å². The minimum atomic E-state index is -0.230. The highest BCUT2D eigenvalue weighted by Gasteiger charge is 2.29. The summed E-state index contributed by atoms with van der Waals surface area (Å²) in [5.74, 6) is 0.705. The van der Waals surface area contributed by atoms with Crippen molar-refractivity contribution >= 4 is 11.7 Å². The molecule has 3 rings (SSSR count). The van der Waals surface area contributed by atoms with Gasteiger partial charge in [-0.3, -0.25) is 9.89 Å². The zero-order valence-electron chi connectivity index (χ0n) is 15.2. The Bertz CT molecular complexity index is 750. The van der Waals surface area contributed by atoms with E-state index in [0.29, 0.717) is 25.4 Å². The summed E-state index contributed by atoms with van der Waals surface area (Å²) in [4.78, 5) is 19.1. The first-order valence-electron chi connectivity index (χ1n) is 8.50. The molecule has 2 aromatic rings. The number of nitrogens with one attached hydrogen (secondary N) is 2. The molecule has 7 nitrogen and oxygen atoms in total. The van der Waals surface area contributed by atoms with Crippen LogP contribution >= 0.6 is 0 Å². The van der Waals surface area contributed by atoms with Gasteiger partial charge in [-0.15, -0.1) is 0 Å². The Hall–Kier alpha value is -2.41. The fourth-order valence-electron chi connectivity index (χ4n) is 2.76. The van der Waals surface area contributed by atoms with Gasteiger partial charge in [-0.05, 0) is 18.2 Å². The summed E-state index contributed by atoms with van der Waals surface area (Å²) < 4.78 is 5.83. The van der Waals surface area contributed by atoms with E-state index < -0.39 is 0 Å². The molecule has 0 radical (unpaired) electrons. The summed E-state index contributed by atoms with van der Waals surface area (Å²) in [5.41, 5.74) is 2.14. The minimum Gasteiger partial charge on any atom is -0.373 e. The van der Waals surface area contributed by atoms with Crippen molar-refractivity contribution < 1.29 is 9.53 Å². The van der Waals surface area contributed by atoms with E-state index in [1.165, 1.54) is 0 Å². The smallest absolute Gasteiger partial charge is 0.274 e. The van der Waals surface area contributed by atoms with Gasteiger partial charge in [0.1, 0.15) is 17.6 Å². The van der Waals surface area contributed by atoms with E-state index in [4.69, 9.17) is 4.74 Å². The molecule has 1 saturated heterocycles. The third kappa shape index (κ3) is 3.82. The van der Waals surface area contributed by atoms with Crippen LogP contribution < -0.4 is 5.32 Å². The number of pyridine rings is 1. The minimum absolute atomic E-state index is 0.0728. The van der Waals surface area contributed by atoms with Crippen LogP contribution in [-0.4, -0.2) is 52.7 Å². The summed E-state index contributed by atoms with van der Waals surface area (Å²) in [5, 5.41) is 10.2. The second-order valence-corrected chi connectivity index (χ2v) is 7.23. The first kappa shape index (κ1) is 17.4. The summed E-state index contributed by atoms with van der Waals surface area (Å²) in [6.07, 6.45) is -0.230. The number of morpholine rings is 1. The van der Waals surface area contributed by atoms with Gasteiger partial charge in [-0.25, -0.2) is 4.98 Å². The normalized spacial score (nSPS) is 18.2.